The fraction of sp³-hybridized carbons (Fsp3) is 0.857. The summed E-state index contributed by atoms with van der Waals surface area (Å²) in [6.45, 7) is 5.36. The second kappa shape index (κ2) is 9.00. The maximum absolute atomic E-state index is 12.4. The highest BCUT2D eigenvalue weighted by Crippen LogP contribution is 2.49. The van der Waals surface area contributed by atoms with E-state index in [1.165, 1.54) is 25.7 Å². The van der Waals surface area contributed by atoms with Gasteiger partial charge in [-0.15, -0.1) is 0 Å². The number of imide groups is 1. The van der Waals surface area contributed by atoms with Crippen LogP contribution in [0.3, 0.4) is 0 Å². The normalized spacial score (nSPS) is 32.9. The first-order valence-corrected chi connectivity index (χ1v) is 11.2. The van der Waals surface area contributed by atoms with Gasteiger partial charge in [0.05, 0.1) is 6.54 Å². The summed E-state index contributed by atoms with van der Waals surface area (Å²) in [5, 5.41) is 5.45. The van der Waals surface area contributed by atoms with E-state index in [1.54, 1.807) is 0 Å². The first kappa shape index (κ1) is 20.6. The molecular weight excluding hydrogens is 372 g/mol. The van der Waals surface area contributed by atoms with Crippen molar-refractivity contribution in [2.24, 2.45) is 17.8 Å². The van der Waals surface area contributed by atoms with Crippen molar-refractivity contribution in [1.29, 1.82) is 0 Å². The van der Waals surface area contributed by atoms with Crippen LogP contribution in [0.1, 0.15) is 45.4 Å². The van der Waals surface area contributed by atoms with Gasteiger partial charge in [-0.05, 0) is 56.8 Å². The predicted octanol–water partition coefficient (Wildman–Crippen LogP) is 0.960. The van der Waals surface area contributed by atoms with Crippen LogP contribution in [0.15, 0.2) is 0 Å². The topological polar surface area (TPSA) is 91.0 Å². The summed E-state index contributed by atoms with van der Waals surface area (Å²) in [6, 6.07) is -0.289. The number of hydrogen-bond acceptors (Lipinski definition) is 5. The van der Waals surface area contributed by atoms with E-state index in [9.17, 15) is 14.4 Å². The zero-order chi connectivity index (χ0) is 20.4. The Morgan fingerprint density at radius 2 is 1.86 bits per heavy atom. The maximum atomic E-state index is 12.4. The lowest BCUT2D eigenvalue weighted by Crippen LogP contribution is -2.54. The van der Waals surface area contributed by atoms with Gasteiger partial charge in [0.2, 0.25) is 5.91 Å². The number of amides is 4. The molecule has 4 rings (SSSR count). The van der Waals surface area contributed by atoms with Gasteiger partial charge in [0.15, 0.2) is 0 Å². The van der Waals surface area contributed by atoms with Gasteiger partial charge in [0.25, 0.3) is 5.91 Å². The van der Waals surface area contributed by atoms with Crippen molar-refractivity contribution >= 4 is 17.8 Å². The predicted molar refractivity (Wildman–Crippen MR) is 107 cm³/mol. The minimum Gasteiger partial charge on any atom is -0.368 e. The Hall–Kier alpha value is -1.67. The molecule has 2 aliphatic heterocycles. The molecule has 29 heavy (non-hydrogen) atoms. The average molecular weight is 407 g/mol. The van der Waals surface area contributed by atoms with Gasteiger partial charge < -0.3 is 15.0 Å². The Kier molecular flexibility index (Phi) is 6.39. The van der Waals surface area contributed by atoms with Crippen LogP contribution in [0, 0.1) is 17.8 Å². The summed E-state index contributed by atoms with van der Waals surface area (Å²) in [7, 11) is 0. The molecule has 2 N–H and O–H groups in total. The molecule has 2 saturated heterocycles. The molecule has 8 nitrogen and oxygen atoms in total. The number of hydrogen-bond donors (Lipinski definition) is 2. The molecule has 8 heteroatoms. The molecule has 0 unspecified atom stereocenters. The van der Waals surface area contributed by atoms with E-state index in [-0.39, 0.29) is 30.5 Å². The van der Waals surface area contributed by atoms with E-state index >= 15 is 0 Å². The molecular formula is C21H34N4O4. The fourth-order valence-electron chi connectivity index (χ4n) is 5.73. The molecule has 0 aromatic heterocycles. The Labute approximate surface area is 172 Å². The highest BCUT2D eigenvalue weighted by atomic mass is 16.5. The van der Waals surface area contributed by atoms with Gasteiger partial charge in [-0.25, -0.2) is 4.79 Å². The van der Waals surface area contributed by atoms with Crippen LogP contribution in [0.25, 0.3) is 0 Å². The third kappa shape index (κ3) is 4.91. The molecule has 0 aromatic carbocycles. The van der Waals surface area contributed by atoms with Crippen molar-refractivity contribution in [2.75, 3.05) is 39.3 Å². The Balaban J connectivity index is 1.14. The largest absolute Gasteiger partial charge is 0.368 e. The lowest BCUT2D eigenvalue weighted by Gasteiger charge is -2.35. The second-order valence-electron chi connectivity index (χ2n) is 9.25. The molecule has 2 bridgehead atoms. The van der Waals surface area contributed by atoms with Gasteiger partial charge >= 0.3 is 6.03 Å². The molecule has 0 spiro atoms. The molecule has 4 amide bonds. The third-order valence-corrected chi connectivity index (χ3v) is 7.30. The first-order chi connectivity index (χ1) is 14.0. The van der Waals surface area contributed by atoms with E-state index in [4.69, 9.17) is 4.74 Å². The van der Waals surface area contributed by atoms with Crippen molar-refractivity contribution in [3.63, 3.8) is 0 Å². The molecule has 2 heterocycles. The molecule has 5 atom stereocenters. The zero-order valence-electron chi connectivity index (χ0n) is 17.4. The number of piperazine rings is 1. The van der Waals surface area contributed by atoms with Gasteiger partial charge in [0, 0.05) is 38.8 Å². The van der Waals surface area contributed by atoms with E-state index in [0.717, 1.165) is 24.7 Å². The Morgan fingerprint density at radius 1 is 1.07 bits per heavy atom. The van der Waals surface area contributed by atoms with E-state index < -0.39 is 6.03 Å². The number of carbonyl (C=O) groups excluding carboxylic acids is 3. The van der Waals surface area contributed by atoms with Gasteiger partial charge in [0.1, 0.15) is 6.10 Å². The third-order valence-electron chi connectivity index (χ3n) is 7.30. The molecule has 4 aliphatic rings. The molecule has 4 fully saturated rings. The number of rotatable bonds is 5. The van der Waals surface area contributed by atoms with Crippen molar-refractivity contribution in [2.45, 2.75) is 57.6 Å². The standard InChI is InChI=1S/C21H34N4O4/c1-14(17-12-15-4-5-16(17)11-15)22-21(28)23-19(26)13-24-6-8-25(9-7-24)20(27)18-3-2-10-29-18/h14-18H,2-13H2,1H3,(H2,22,23,26,28)/t14-,15-,16-,17+,18-/m0/s1. The Bertz CT molecular complexity index is 628. The number of urea groups is 1. The van der Waals surface area contributed by atoms with E-state index in [1.807, 2.05) is 9.80 Å². The van der Waals surface area contributed by atoms with Gasteiger partial charge in [-0.1, -0.05) is 6.42 Å². The Morgan fingerprint density at radius 3 is 2.48 bits per heavy atom. The summed E-state index contributed by atoms with van der Waals surface area (Å²) < 4.78 is 5.47. The highest BCUT2D eigenvalue weighted by Gasteiger charge is 2.42. The van der Waals surface area contributed by atoms with Crippen LogP contribution >= 0.6 is 0 Å². The number of fused-ring (bicyclic) bond motifs is 2. The summed E-state index contributed by atoms with van der Waals surface area (Å²) >= 11 is 0. The minimum atomic E-state index is -0.391. The number of nitrogens with zero attached hydrogens (tertiary/aromatic N) is 2. The summed E-state index contributed by atoms with van der Waals surface area (Å²) in [5.41, 5.74) is 0. The quantitative estimate of drug-likeness (QED) is 0.710. The van der Waals surface area contributed by atoms with E-state index in [2.05, 4.69) is 17.6 Å². The zero-order valence-corrected chi connectivity index (χ0v) is 17.4. The van der Waals surface area contributed by atoms with Crippen molar-refractivity contribution in [3.8, 4) is 0 Å². The molecule has 162 valence electrons. The number of ether oxygens (including phenoxy) is 1. The summed E-state index contributed by atoms with van der Waals surface area (Å²) in [4.78, 5) is 40.7. The van der Waals surface area contributed by atoms with Crippen molar-refractivity contribution in [3.05, 3.63) is 0 Å². The van der Waals surface area contributed by atoms with Crippen LogP contribution in [-0.4, -0.2) is 79.1 Å². The molecule has 0 radical (unpaired) electrons. The average Bonchev–Trinajstić information content (AvgIpc) is 3.45. The van der Waals surface area contributed by atoms with Crippen molar-refractivity contribution < 1.29 is 19.1 Å². The number of nitrogens with one attached hydrogen (secondary N) is 2. The van der Waals surface area contributed by atoms with Crippen LogP contribution in [0.5, 0.6) is 0 Å². The molecule has 2 aliphatic carbocycles. The van der Waals surface area contributed by atoms with E-state index in [0.29, 0.717) is 38.7 Å². The first-order valence-electron chi connectivity index (χ1n) is 11.2. The minimum absolute atomic E-state index is 0.0700. The fourth-order valence-corrected chi connectivity index (χ4v) is 5.73. The summed E-state index contributed by atoms with van der Waals surface area (Å²) in [5.74, 6) is 1.90. The highest BCUT2D eigenvalue weighted by molar-refractivity contribution is 5.95. The van der Waals surface area contributed by atoms with Gasteiger partial charge in [-0.2, -0.15) is 0 Å². The lowest BCUT2D eigenvalue weighted by molar-refractivity contribution is -0.142. The lowest BCUT2D eigenvalue weighted by atomic mass is 9.84. The van der Waals surface area contributed by atoms with Crippen LogP contribution in [0.4, 0.5) is 4.79 Å². The van der Waals surface area contributed by atoms with Crippen LogP contribution < -0.4 is 10.6 Å². The van der Waals surface area contributed by atoms with Gasteiger partial charge in [-0.3, -0.25) is 19.8 Å². The summed E-state index contributed by atoms with van der Waals surface area (Å²) in [6.07, 6.45) is 6.59. The maximum Gasteiger partial charge on any atom is 0.321 e. The van der Waals surface area contributed by atoms with Crippen LogP contribution in [0.2, 0.25) is 0 Å². The second-order valence-corrected chi connectivity index (χ2v) is 9.25. The molecule has 2 saturated carbocycles. The van der Waals surface area contributed by atoms with Crippen molar-refractivity contribution in [1.82, 2.24) is 20.4 Å². The van der Waals surface area contributed by atoms with Crippen LogP contribution in [-0.2, 0) is 14.3 Å². The SMILES string of the molecule is C[C@H](NC(=O)NC(=O)CN1CCN(C(=O)[C@@H]2CCCO2)CC1)[C@H]1C[C@H]2CC[C@H]1C2. The molecule has 0 aromatic rings. The monoisotopic (exact) mass is 406 g/mol. The number of carbonyl (C=O) groups is 3. The smallest absolute Gasteiger partial charge is 0.321 e.